The van der Waals surface area contributed by atoms with Crippen LogP contribution >= 0.6 is 22.6 Å². The minimum Gasteiger partial charge on any atom is -0.375 e. The smallest absolute Gasteiger partial charge is 0.0758 e. The molecule has 1 saturated heterocycles. The van der Waals surface area contributed by atoms with E-state index < -0.39 is 0 Å². The van der Waals surface area contributed by atoms with E-state index in [1.54, 1.807) is 0 Å². The number of aryl methyl sites for hydroxylation is 1. The molecule has 2 heterocycles. The Hall–Kier alpha value is -0.100. The first kappa shape index (κ1) is 15.8. The van der Waals surface area contributed by atoms with Crippen molar-refractivity contribution in [2.75, 3.05) is 6.61 Å². The molecule has 1 aliphatic heterocycles. The van der Waals surface area contributed by atoms with E-state index in [0.717, 1.165) is 25.9 Å². The molecule has 1 unspecified atom stereocenters. The minimum atomic E-state index is 0.163. The van der Waals surface area contributed by atoms with Crippen LogP contribution < -0.4 is 0 Å². The molecule has 21 heavy (non-hydrogen) atoms. The molecular weight excluding hydrogens is 375 g/mol. The Morgan fingerprint density at radius 1 is 1.24 bits per heavy atom. The number of rotatable bonds is 3. The second-order valence-corrected chi connectivity index (χ2v) is 7.68. The zero-order valence-electron chi connectivity index (χ0n) is 13.3. The maximum Gasteiger partial charge on any atom is 0.0758 e. The Morgan fingerprint density at radius 3 is 2.67 bits per heavy atom. The summed E-state index contributed by atoms with van der Waals surface area (Å²) in [6.45, 7) is 5.37. The molecule has 1 atom stereocenters. The predicted molar refractivity (Wildman–Crippen MR) is 93.7 cm³/mol. The van der Waals surface area contributed by atoms with Crippen LogP contribution in [0.4, 0.5) is 0 Å². The Balaban J connectivity index is 1.86. The van der Waals surface area contributed by atoms with Gasteiger partial charge in [0.05, 0.1) is 26.6 Å². The molecule has 118 valence electrons. The summed E-state index contributed by atoms with van der Waals surface area (Å²) >= 11 is 2.49. The van der Waals surface area contributed by atoms with E-state index in [1.165, 1.54) is 53.5 Å². The number of nitrogens with zero attached hydrogens (tertiary/aromatic N) is 2. The average molecular weight is 402 g/mol. The highest BCUT2D eigenvalue weighted by Gasteiger charge is 2.40. The van der Waals surface area contributed by atoms with Crippen LogP contribution in [-0.2, 0) is 17.6 Å². The largest absolute Gasteiger partial charge is 0.375 e. The van der Waals surface area contributed by atoms with Crippen LogP contribution in [0.3, 0.4) is 0 Å². The molecule has 0 amide bonds. The lowest BCUT2D eigenvalue weighted by molar-refractivity contribution is -0.116. The van der Waals surface area contributed by atoms with Crippen molar-refractivity contribution in [3.8, 4) is 0 Å². The van der Waals surface area contributed by atoms with Gasteiger partial charge in [-0.3, -0.25) is 4.68 Å². The van der Waals surface area contributed by atoms with Crippen molar-refractivity contribution in [2.24, 2.45) is 0 Å². The third-order valence-corrected chi connectivity index (χ3v) is 6.50. The van der Waals surface area contributed by atoms with Gasteiger partial charge >= 0.3 is 0 Å². The fraction of sp³-hybridized carbons (Fsp3) is 0.824. The number of ether oxygens (including phenoxy) is 1. The van der Waals surface area contributed by atoms with Crippen LogP contribution in [0.2, 0.25) is 0 Å². The van der Waals surface area contributed by atoms with Crippen LogP contribution in [0, 0.1) is 3.57 Å². The van der Waals surface area contributed by atoms with E-state index in [0.29, 0.717) is 6.04 Å². The quantitative estimate of drug-likeness (QED) is 0.688. The van der Waals surface area contributed by atoms with E-state index in [4.69, 9.17) is 9.84 Å². The van der Waals surface area contributed by atoms with Crippen LogP contribution in [0.1, 0.15) is 76.2 Å². The molecule has 1 aromatic rings. The fourth-order valence-electron chi connectivity index (χ4n) is 4.10. The summed E-state index contributed by atoms with van der Waals surface area (Å²) < 4.78 is 10.0. The van der Waals surface area contributed by atoms with E-state index >= 15 is 0 Å². The van der Waals surface area contributed by atoms with E-state index in [9.17, 15) is 0 Å². The van der Waals surface area contributed by atoms with Crippen molar-refractivity contribution in [1.82, 2.24) is 9.78 Å². The number of hydrogen-bond acceptors (Lipinski definition) is 2. The molecule has 3 nitrogen and oxygen atoms in total. The molecule has 0 N–H and O–H groups in total. The van der Waals surface area contributed by atoms with Crippen molar-refractivity contribution in [3.63, 3.8) is 0 Å². The second kappa shape index (κ2) is 6.57. The maximum absolute atomic E-state index is 6.25. The van der Waals surface area contributed by atoms with Gasteiger partial charge in [-0.05, 0) is 61.1 Å². The van der Waals surface area contributed by atoms with Gasteiger partial charge in [-0.2, -0.15) is 5.10 Å². The highest BCUT2D eigenvalue weighted by molar-refractivity contribution is 14.1. The summed E-state index contributed by atoms with van der Waals surface area (Å²) in [5.41, 5.74) is 2.87. The van der Waals surface area contributed by atoms with Gasteiger partial charge < -0.3 is 4.74 Å². The molecule has 1 aromatic heterocycles. The Kier molecular flexibility index (Phi) is 4.94. The van der Waals surface area contributed by atoms with Crippen LogP contribution in [-0.4, -0.2) is 22.0 Å². The molecular formula is C17H27IN2O. The van der Waals surface area contributed by atoms with Crippen LogP contribution in [0.25, 0.3) is 0 Å². The molecule has 4 heteroatoms. The van der Waals surface area contributed by atoms with E-state index in [-0.39, 0.29) is 5.60 Å². The lowest BCUT2D eigenvalue weighted by atomic mass is 9.78. The molecule has 0 bridgehead atoms. The zero-order valence-corrected chi connectivity index (χ0v) is 15.5. The van der Waals surface area contributed by atoms with Crippen molar-refractivity contribution in [1.29, 1.82) is 0 Å². The first-order chi connectivity index (χ1) is 10.2. The first-order valence-corrected chi connectivity index (χ1v) is 9.66. The number of aromatic nitrogens is 2. The lowest BCUT2D eigenvalue weighted by Gasteiger charge is -2.43. The monoisotopic (exact) mass is 402 g/mol. The Bertz CT molecular complexity index is 486. The van der Waals surface area contributed by atoms with Gasteiger partial charge in [0.15, 0.2) is 0 Å². The fourth-order valence-corrected chi connectivity index (χ4v) is 5.22. The standard InChI is InChI=1S/C17H27IN2O/c1-3-14-16(18)15(4-2)20(19-14)13-8-11-21-17(12-13)9-6-5-7-10-17/h13H,3-12H2,1-2H3. The van der Waals surface area contributed by atoms with Crippen molar-refractivity contribution < 1.29 is 4.74 Å². The highest BCUT2D eigenvalue weighted by Crippen LogP contribution is 2.42. The maximum atomic E-state index is 6.25. The van der Waals surface area contributed by atoms with Gasteiger partial charge in [0, 0.05) is 6.61 Å². The summed E-state index contributed by atoms with van der Waals surface area (Å²) in [5, 5.41) is 4.95. The van der Waals surface area contributed by atoms with Gasteiger partial charge in [-0.25, -0.2) is 0 Å². The first-order valence-electron chi connectivity index (χ1n) is 8.59. The molecule has 1 aliphatic carbocycles. The summed E-state index contributed by atoms with van der Waals surface area (Å²) in [5.74, 6) is 0. The summed E-state index contributed by atoms with van der Waals surface area (Å²) in [7, 11) is 0. The molecule has 0 aromatic carbocycles. The van der Waals surface area contributed by atoms with Crippen molar-refractivity contribution in [2.45, 2.75) is 83.3 Å². The van der Waals surface area contributed by atoms with Crippen molar-refractivity contribution in [3.05, 3.63) is 15.0 Å². The molecule has 1 spiro atoms. The topological polar surface area (TPSA) is 27.1 Å². The highest BCUT2D eigenvalue weighted by atomic mass is 127. The summed E-state index contributed by atoms with van der Waals surface area (Å²) in [6, 6.07) is 0.542. The number of halogens is 1. The summed E-state index contributed by atoms with van der Waals surface area (Å²) in [6.07, 6.45) is 11.0. The zero-order chi connectivity index (χ0) is 14.9. The molecule has 0 radical (unpaired) electrons. The third-order valence-electron chi connectivity index (χ3n) is 5.26. The van der Waals surface area contributed by atoms with E-state index in [2.05, 4.69) is 41.1 Å². The normalized spacial score (nSPS) is 25.4. The van der Waals surface area contributed by atoms with Crippen LogP contribution in [0.15, 0.2) is 0 Å². The lowest BCUT2D eigenvalue weighted by Crippen LogP contribution is -2.42. The van der Waals surface area contributed by atoms with Gasteiger partial charge in [0.1, 0.15) is 0 Å². The molecule has 2 aliphatic rings. The molecule has 1 saturated carbocycles. The second-order valence-electron chi connectivity index (χ2n) is 6.60. The van der Waals surface area contributed by atoms with Gasteiger partial charge in [0.25, 0.3) is 0 Å². The molecule has 2 fully saturated rings. The third kappa shape index (κ3) is 3.03. The van der Waals surface area contributed by atoms with Crippen molar-refractivity contribution >= 4 is 22.6 Å². The molecule has 3 rings (SSSR count). The predicted octanol–water partition coefficient (Wildman–Crippen LogP) is 4.67. The summed E-state index contributed by atoms with van der Waals surface area (Å²) in [4.78, 5) is 0. The SMILES string of the molecule is CCc1nn(C2CCOC3(CCCCC3)C2)c(CC)c1I. The van der Waals surface area contributed by atoms with Gasteiger partial charge in [0.2, 0.25) is 0 Å². The number of hydrogen-bond donors (Lipinski definition) is 0. The van der Waals surface area contributed by atoms with Crippen LogP contribution in [0.5, 0.6) is 0 Å². The Labute approximate surface area is 142 Å². The van der Waals surface area contributed by atoms with Gasteiger partial charge in [-0.15, -0.1) is 0 Å². The Morgan fingerprint density at radius 2 is 2.00 bits per heavy atom. The average Bonchev–Trinajstić information content (AvgIpc) is 2.84. The van der Waals surface area contributed by atoms with Gasteiger partial charge in [-0.1, -0.05) is 33.1 Å². The van der Waals surface area contributed by atoms with E-state index in [1.807, 2.05) is 0 Å². The minimum absolute atomic E-state index is 0.163.